The van der Waals surface area contributed by atoms with Crippen molar-refractivity contribution in [1.29, 1.82) is 0 Å². The van der Waals surface area contributed by atoms with Crippen molar-refractivity contribution in [2.24, 2.45) is 0 Å². The largest absolute Gasteiger partial charge is 0.488 e. The molecule has 0 unspecified atom stereocenters. The first-order valence-electron chi connectivity index (χ1n) is 4.41. The van der Waals surface area contributed by atoms with E-state index in [-0.39, 0.29) is 5.46 Å². The van der Waals surface area contributed by atoms with Crippen molar-refractivity contribution in [3.63, 3.8) is 0 Å². The molecule has 1 aromatic rings. The van der Waals surface area contributed by atoms with Gasteiger partial charge in [0.1, 0.15) is 0 Å². The number of hydrogen-bond acceptors (Lipinski definition) is 2. The topological polar surface area (TPSA) is 40.5 Å². The molecule has 6 heteroatoms. The third-order valence-corrected chi connectivity index (χ3v) is 2.05. The molecule has 2 N–H and O–H groups in total. The van der Waals surface area contributed by atoms with Gasteiger partial charge in [-0.25, -0.2) is 0 Å². The van der Waals surface area contributed by atoms with Crippen molar-refractivity contribution in [1.82, 2.24) is 0 Å². The lowest BCUT2D eigenvalue weighted by Gasteiger charge is -2.11. The predicted molar refractivity (Wildman–Crippen MR) is 50.6 cm³/mol. The average molecular weight is 218 g/mol. The molecule has 0 amide bonds. The molecule has 0 radical (unpaired) electrons. The lowest BCUT2D eigenvalue weighted by atomic mass is 9.78. The van der Waals surface area contributed by atoms with E-state index in [0.29, 0.717) is 12.0 Å². The van der Waals surface area contributed by atoms with E-state index in [1.807, 2.05) is 0 Å². The van der Waals surface area contributed by atoms with E-state index in [4.69, 9.17) is 10.0 Å². The third kappa shape index (κ3) is 2.97. The number of rotatable bonds is 2. The highest BCUT2D eigenvalue weighted by Crippen LogP contribution is 2.29. The van der Waals surface area contributed by atoms with Crippen LogP contribution < -0.4 is 5.46 Å². The molecule has 1 rings (SSSR count). The minimum absolute atomic E-state index is 0.137. The summed E-state index contributed by atoms with van der Waals surface area (Å²) in [5.74, 6) is 0. The first kappa shape index (κ1) is 12.1. The molecular weight excluding hydrogens is 208 g/mol. The average Bonchev–Trinajstić information content (AvgIpc) is 2.15. The summed E-state index contributed by atoms with van der Waals surface area (Å²) in [5.41, 5.74) is -0.570. The SMILES string of the molecule is CCc1cc(B(O)O)cc(C(F)(F)F)c1. The van der Waals surface area contributed by atoms with Crippen LogP contribution in [-0.2, 0) is 12.6 Å². The van der Waals surface area contributed by atoms with Crippen molar-refractivity contribution in [3.05, 3.63) is 29.3 Å². The molecule has 0 aliphatic rings. The Morgan fingerprint density at radius 3 is 2.20 bits per heavy atom. The second-order valence-corrected chi connectivity index (χ2v) is 3.19. The van der Waals surface area contributed by atoms with Gasteiger partial charge >= 0.3 is 13.3 Å². The van der Waals surface area contributed by atoms with E-state index >= 15 is 0 Å². The molecule has 0 fully saturated rings. The highest BCUT2D eigenvalue weighted by atomic mass is 19.4. The summed E-state index contributed by atoms with van der Waals surface area (Å²) in [6.45, 7) is 1.70. The van der Waals surface area contributed by atoms with Crippen LogP contribution in [0.25, 0.3) is 0 Å². The number of benzene rings is 1. The fraction of sp³-hybridized carbons (Fsp3) is 0.333. The molecule has 2 nitrogen and oxygen atoms in total. The minimum Gasteiger partial charge on any atom is -0.423 e. The van der Waals surface area contributed by atoms with Gasteiger partial charge in [-0.15, -0.1) is 0 Å². The van der Waals surface area contributed by atoms with Crippen LogP contribution in [0.15, 0.2) is 18.2 Å². The van der Waals surface area contributed by atoms with Gasteiger partial charge in [-0.2, -0.15) is 13.2 Å². The molecule has 0 spiro atoms. The van der Waals surface area contributed by atoms with Crippen LogP contribution in [0, 0.1) is 0 Å². The van der Waals surface area contributed by atoms with Crippen LogP contribution in [0.3, 0.4) is 0 Å². The minimum atomic E-state index is -4.46. The molecule has 0 heterocycles. The lowest BCUT2D eigenvalue weighted by molar-refractivity contribution is -0.137. The zero-order chi connectivity index (χ0) is 11.6. The maximum absolute atomic E-state index is 12.4. The van der Waals surface area contributed by atoms with Crippen LogP contribution >= 0.6 is 0 Å². The van der Waals surface area contributed by atoms with Crippen molar-refractivity contribution >= 4 is 12.6 Å². The van der Waals surface area contributed by atoms with Gasteiger partial charge in [0.2, 0.25) is 0 Å². The monoisotopic (exact) mass is 218 g/mol. The summed E-state index contributed by atoms with van der Waals surface area (Å²) in [6.07, 6.45) is -4.06. The van der Waals surface area contributed by atoms with E-state index in [9.17, 15) is 13.2 Å². The van der Waals surface area contributed by atoms with Crippen molar-refractivity contribution in [2.75, 3.05) is 0 Å². The van der Waals surface area contributed by atoms with Crippen LogP contribution in [0.2, 0.25) is 0 Å². The first-order valence-corrected chi connectivity index (χ1v) is 4.41. The number of alkyl halides is 3. The van der Waals surface area contributed by atoms with E-state index in [0.717, 1.165) is 12.1 Å². The molecule has 0 atom stereocenters. The first-order chi connectivity index (χ1) is 6.84. The highest BCUT2D eigenvalue weighted by Gasteiger charge is 2.31. The quantitative estimate of drug-likeness (QED) is 0.725. The summed E-state index contributed by atoms with van der Waals surface area (Å²) in [6, 6.07) is 3.09. The van der Waals surface area contributed by atoms with Crippen LogP contribution in [-0.4, -0.2) is 17.2 Å². The summed E-state index contributed by atoms with van der Waals surface area (Å²) in [5, 5.41) is 17.6. The summed E-state index contributed by atoms with van der Waals surface area (Å²) in [7, 11) is -1.88. The number of halogens is 3. The molecular formula is C9H10BF3O2. The Kier molecular flexibility index (Phi) is 3.41. The maximum atomic E-state index is 12.4. The smallest absolute Gasteiger partial charge is 0.423 e. The van der Waals surface area contributed by atoms with E-state index in [1.54, 1.807) is 6.92 Å². The van der Waals surface area contributed by atoms with Crippen LogP contribution in [0.5, 0.6) is 0 Å². The second kappa shape index (κ2) is 4.24. The van der Waals surface area contributed by atoms with Gasteiger partial charge in [-0.05, 0) is 23.5 Å². The van der Waals surface area contributed by atoms with Gasteiger partial charge in [0.25, 0.3) is 0 Å². The number of aryl methyl sites for hydroxylation is 1. The Hall–Kier alpha value is -1.01. The number of hydrogen-bond donors (Lipinski definition) is 2. The maximum Gasteiger partial charge on any atom is 0.488 e. The zero-order valence-electron chi connectivity index (χ0n) is 8.04. The molecule has 0 saturated carbocycles. The van der Waals surface area contributed by atoms with Crippen LogP contribution in [0.4, 0.5) is 13.2 Å². The Morgan fingerprint density at radius 2 is 1.80 bits per heavy atom. The lowest BCUT2D eigenvalue weighted by Crippen LogP contribution is -2.31. The van der Waals surface area contributed by atoms with E-state index in [2.05, 4.69) is 0 Å². The van der Waals surface area contributed by atoms with E-state index in [1.165, 1.54) is 6.07 Å². The molecule has 0 aliphatic heterocycles. The molecule has 0 aromatic heterocycles. The van der Waals surface area contributed by atoms with Gasteiger partial charge in [-0.1, -0.05) is 19.1 Å². The van der Waals surface area contributed by atoms with Crippen molar-refractivity contribution < 1.29 is 23.2 Å². The summed E-state index contributed by atoms with van der Waals surface area (Å²) < 4.78 is 37.2. The Balaban J connectivity index is 3.23. The molecule has 1 aromatic carbocycles. The van der Waals surface area contributed by atoms with Gasteiger partial charge in [0.15, 0.2) is 0 Å². The highest BCUT2D eigenvalue weighted by molar-refractivity contribution is 6.58. The Bertz CT molecular complexity index is 350. The zero-order valence-corrected chi connectivity index (χ0v) is 8.04. The van der Waals surface area contributed by atoms with Gasteiger partial charge in [0.05, 0.1) is 5.56 Å². The molecule has 15 heavy (non-hydrogen) atoms. The second-order valence-electron chi connectivity index (χ2n) is 3.19. The Labute approximate surface area is 85.5 Å². The predicted octanol–water partition coefficient (Wildman–Crippen LogP) is 0.948. The Morgan fingerprint density at radius 1 is 1.20 bits per heavy atom. The molecule has 0 aliphatic carbocycles. The van der Waals surface area contributed by atoms with Crippen molar-refractivity contribution in [2.45, 2.75) is 19.5 Å². The van der Waals surface area contributed by atoms with E-state index < -0.39 is 18.9 Å². The van der Waals surface area contributed by atoms with Crippen molar-refractivity contribution in [3.8, 4) is 0 Å². The fourth-order valence-corrected chi connectivity index (χ4v) is 1.24. The summed E-state index contributed by atoms with van der Waals surface area (Å²) >= 11 is 0. The van der Waals surface area contributed by atoms with Gasteiger partial charge in [-0.3, -0.25) is 0 Å². The fourth-order valence-electron chi connectivity index (χ4n) is 1.24. The van der Waals surface area contributed by atoms with Gasteiger partial charge < -0.3 is 10.0 Å². The van der Waals surface area contributed by atoms with Crippen LogP contribution in [0.1, 0.15) is 18.1 Å². The summed E-state index contributed by atoms with van der Waals surface area (Å²) in [4.78, 5) is 0. The molecule has 0 bridgehead atoms. The van der Waals surface area contributed by atoms with Gasteiger partial charge in [0, 0.05) is 0 Å². The standard InChI is InChI=1S/C9H10BF3O2/c1-2-6-3-7(9(11,12)13)5-8(4-6)10(14)15/h3-5,14-15H,2H2,1H3. The third-order valence-electron chi connectivity index (χ3n) is 2.05. The molecule has 0 saturated heterocycles. The molecule has 82 valence electrons. The normalized spacial score (nSPS) is 11.6.